The Morgan fingerprint density at radius 2 is 2.11 bits per heavy atom. The van der Waals surface area contributed by atoms with Gasteiger partial charge in [-0.25, -0.2) is 9.78 Å². The molecule has 2 aromatic heterocycles. The number of fused-ring (bicyclic) bond motifs is 1. The van der Waals surface area contributed by atoms with Crippen molar-refractivity contribution in [1.29, 1.82) is 0 Å². The lowest BCUT2D eigenvalue weighted by molar-refractivity contribution is 0.490. The lowest BCUT2D eigenvalue weighted by Gasteiger charge is -1.97. The van der Waals surface area contributed by atoms with Gasteiger partial charge in [0.15, 0.2) is 0 Å². The highest BCUT2D eigenvalue weighted by Crippen LogP contribution is 2.16. The molecule has 0 spiro atoms. The molecule has 5 heteroatoms. The number of hydrogen-bond donors (Lipinski definition) is 0. The van der Waals surface area contributed by atoms with E-state index in [1.165, 1.54) is 0 Å². The first-order valence-corrected chi connectivity index (χ1v) is 6.34. The van der Waals surface area contributed by atoms with Gasteiger partial charge in [-0.05, 0) is 36.4 Å². The van der Waals surface area contributed by atoms with E-state index in [4.69, 9.17) is 8.83 Å². The Hall–Kier alpha value is -2.14. The van der Waals surface area contributed by atoms with Gasteiger partial charge in [-0.2, -0.15) is 0 Å². The molecule has 2 heterocycles. The van der Waals surface area contributed by atoms with Crippen molar-refractivity contribution in [3.63, 3.8) is 0 Å². The molecule has 0 saturated heterocycles. The highest BCUT2D eigenvalue weighted by molar-refractivity contribution is 9.10. The van der Waals surface area contributed by atoms with Crippen LogP contribution in [0.5, 0.6) is 0 Å². The molecule has 0 radical (unpaired) electrons. The zero-order valence-electron chi connectivity index (χ0n) is 9.67. The number of furan rings is 1. The van der Waals surface area contributed by atoms with Crippen molar-refractivity contribution < 1.29 is 8.83 Å². The second-order valence-corrected chi connectivity index (χ2v) is 4.77. The second kappa shape index (κ2) is 4.85. The SMILES string of the molecule is O=c1oc(/C=C/c2ccco2)nc2ccc(Br)cc12. The Balaban J connectivity index is 2.06. The zero-order chi connectivity index (χ0) is 13.2. The van der Waals surface area contributed by atoms with Crippen molar-refractivity contribution in [3.8, 4) is 0 Å². The first-order valence-electron chi connectivity index (χ1n) is 5.54. The highest BCUT2D eigenvalue weighted by atomic mass is 79.9. The molecule has 1 aromatic carbocycles. The number of halogens is 1. The molecule has 0 aliphatic rings. The number of aromatic nitrogens is 1. The molecule has 0 saturated carbocycles. The van der Waals surface area contributed by atoms with Crippen LogP contribution in [0.4, 0.5) is 0 Å². The van der Waals surface area contributed by atoms with Crippen LogP contribution in [0.1, 0.15) is 11.7 Å². The molecule has 0 bridgehead atoms. The molecule has 0 unspecified atom stereocenters. The largest absolute Gasteiger partial charge is 0.465 e. The summed E-state index contributed by atoms with van der Waals surface area (Å²) in [4.78, 5) is 16.1. The van der Waals surface area contributed by atoms with E-state index in [2.05, 4.69) is 20.9 Å². The summed E-state index contributed by atoms with van der Waals surface area (Å²) < 4.78 is 11.1. The van der Waals surface area contributed by atoms with Crippen LogP contribution in [0.2, 0.25) is 0 Å². The summed E-state index contributed by atoms with van der Waals surface area (Å²) in [5.74, 6) is 0.913. The Morgan fingerprint density at radius 3 is 2.89 bits per heavy atom. The van der Waals surface area contributed by atoms with Crippen molar-refractivity contribution >= 4 is 39.0 Å². The predicted octanol–water partition coefficient (Wildman–Crippen LogP) is 3.71. The van der Waals surface area contributed by atoms with Gasteiger partial charge >= 0.3 is 5.63 Å². The van der Waals surface area contributed by atoms with Gasteiger partial charge in [-0.15, -0.1) is 0 Å². The van der Waals surface area contributed by atoms with E-state index in [-0.39, 0.29) is 5.89 Å². The minimum Gasteiger partial charge on any atom is -0.465 e. The van der Waals surface area contributed by atoms with Crippen LogP contribution in [-0.4, -0.2) is 4.98 Å². The maximum Gasteiger partial charge on any atom is 0.347 e. The van der Waals surface area contributed by atoms with Gasteiger partial charge in [-0.3, -0.25) is 0 Å². The van der Waals surface area contributed by atoms with E-state index in [0.29, 0.717) is 16.7 Å². The molecule has 0 N–H and O–H groups in total. The Morgan fingerprint density at radius 1 is 1.21 bits per heavy atom. The Bertz CT molecular complexity index is 803. The quantitative estimate of drug-likeness (QED) is 0.723. The molecule has 4 nitrogen and oxygen atoms in total. The van der Waals surface area contributed by atoms with Crippen LogP contribution in [-0.2, 0) is 0 Å². The van der Waals surface area contributed by atoms with Gasteiger partial charge < -0.3 is 8.83 Å². The molecule has 0 amide bonds. The van der Waals surface area contributed by atoms with Crippen molar-refractivity contribution in [2.24, 2.45) is 0 Å². The van der Waals surface area contributed by atoms with E-state index in [9.17, 15) is 4.79 Å². The second-order valence-electron chi connectivity index (χ2n) is 3.85. The Labute approximate surface area is 116 Å². The third-order valence-electron chi connectivity index (χ3n) is 2.54. The molecule has 94 valence electrons. The molecule has 0 aliphatic heterocycles. The minimum absolute atomic E-state index is 0.247. The minimum atomic E-state index is -0.412. The van der Waals surface area contributed by atoms with Crippen molar-refractivity contribution in [1.82, 2.24) is 4.98 Å². The molecule has 3 aromatic rings. The van der Waals surface area contributed by atoms with Gasteiger partial charge in [0, 0.05) is 10.5 Å². The first kappa shape index (κ1) is 11.9. The fraction of sp³-hybridized carbons (Fsp3) is 0. The molecule has 0 fully saturated rings. The summed E-state index contributed by atoms with van der Waals surface area (Å²) in [6.45, 7) is 0. The van der Waals surface area contributed by atoms with E-state index >= 15 is 0 Å². The van der Waals surface area contributed by atoms with E-state index < -0.39 is 5.63 Å². The lowest BCUT2D eigenvalue weighted by atomic mass is 10.2. The van der Waals surface area contributed by atoms with E-state index in [1.807, 2.05) is 6.07 Å². The molecular formula is C14H8BrNO3. The molecule has 19 heavy (non-hydrogen) atoms. The average Bonchev–Trinajstić information content (AvgIpc) is 2.90. The van der Waals surface area contributed by atoms with Crippen LogP contribution in [0.25, 0.3) is 23.1 Å². The van der Waals surface area contributed by atoms with Gasteiger partial charge in [0.25, 0.3) is 0 Å². The van der Waals surface area contributed by atoms with Crippen LogP contribution >= 0.6 is 15.9 Å². The molecule has 3 rings (SSSR count). The molecule has 0 aliphatic carbocycles. The standard InChI is InChI=1S/C14H8BrNO3/c15-9-3-5-12-11(8-9)14(17)19-13(16-12)6-4-10-2-1-7-18-10/h1-8H/b6-4+. The lowest BCUT2D eigenvalue weighted by Crippen LogP contribution is -2.02. The summed E-state index contributed by atoms with van der Waals surface area (Å²) in [5.41, 5.74) is 0.184. The van der Waals surface area contributed by atoms with Gasteiger partial charge in [-0.1, -0.05) is 15.9 Å². The van der Waals surface area contributed by atoms with Gasteiger partial charge in [0.05, 0.1) is 17.2 Å². The molecular weight excluding hydrogens is 310 g/mol. The summed E-state index contributed by atoms with van der Waals surface area (Å²) in [6.07, 6.45) is 4.86. The van der Waals surface area contributed by atoms with E-state index in [0.717, 1.165) is 4.47 Å². The third-order valence-corrected chi connectivity index (χ3v) is 3.03. The number of rotatable bonds is 2. The average molecular weight is 318 g/mol. The number of benzene rings is 1. The van der Waals surface area contributed by atoms with Crippen molar-refractivity contribution in [3.05, 3.63) is 63.1 Å². The van der Waals surface area contributed by atoms with Crippen LogP contribution in [0.3, 0.4) is 0 Å². The van der Waals surface area contributed by atoms with Gasteiger partial charge in [0.2, 0.25) is 5.89 Å². The highest BCUT2D eigenvalue weighted by Gasteiger charge is 2.04. The maximum absolute atomic E-state index is 11.8. The Kier molecular flexibility index (Phi) is 3.05. The van der Waals surface area contributed by atoms with Gasteiger partial charge in [0.1, 0.15) is 5.76 Å². The number of hydrogen-bond acceptors (Lipinski definition) is 4. The first-order chi connectivity index (χ1) is 9.22. The van der Waals surface area contributed by atoms with Crippen molar-refractivity contribution in [2.75, 3.05) is 0 Å². The van der Waals surface area contributed by atoms with Crippen LogP contribution in [0, 0.1) is 0 Å². The van der Waals surface area contributed by atoms with Crippen molar-refractivity contribution in [2.45, 2.75) is 0 Å². The predicted molar refractivity (Wildman–Crippen MR) is 75.6 cm³/mol. The smallest absolute Gasteiger partial charge is 0.347 e. The van der Waals surface area contributed by atoms with Crippen LogP contribution in [0.15, 0.2) is 54.7 Å². The summed E-state index contributed by atoms with van der Waals surface area (Å²) in [5, 5.41) is 0.449. The normalized spacial score (nSPS) is 11.4. The maximum atomic E-state index is 11.8. The summed E-state index contributed by atoms with van der Waals surface area (Å²) in [7, 11) is 0. The fourth-order valence-electron chi connectivity index (χ4n) is 1.67. The fourth-order valence-corrected chi connectivity index (χ4v) is 2.03. The molecule has 0 atom stereocenters. The van der Waals surface area contributed by atoms with Crippen LogP contribution < -0.4 is 5.63 Å². The summed E-state index contributed by atoms with van der Waals surface area (Å²) in [6, 6.07) is 8.86. The zero-order valence-corrected chi connectivity index (χ0v) is 11.3. The summed E-state index contributed by atoms with van der Waals surface area (Å²) >= 11 is 3.31. The van der Waals surface area contributed by atoms with E-state index in [1.54, 1.807) is 42.7 Å². The number of nitrogens with zero attached hydrogens (tertiary/aromatic N) is 1. The third kappa shape index (κ3) is 2.51. The monoisotopic (exact) mass is 317 g/mol. The topological polar surface area (TPSA) is 56.2 Å².